The molecular weight excluding hydrogens is 200 g/mol. The second-order valence-electron chi connectivity index (χ2n) is 3.61. The number of pyridine rings is 1. The molecule has 5 heteroatoms. The zero-order valence-electron chi connectivity index (χ0n) is 7.90. The van der Waals surface area contributed by atoms with Crippen molar-refractivity contribution in [2.24, 2.45) is 5.92 Å². The molecule has 2 heterocycles. The molecule has 4 nitrogen and oxygen atoms in total. The van der Waals surface area contributed by atoms with E-state index in [-0.39, 0.29) is 0 Å². The van der Waals surface area contributed by atoms with Crippen LogP contribution >= 0.6 is 0 Å². The lowest BCUT2D eigenvalue weighted by molar-refractivity contribution is 0.549. The van der Waals surface area contributed by atoms with Crippen LogP contribution in [0.25, 0.3) is 0 Å². The van der Waals surface area contributed by atoms with E-state index in [4.69, 9.17) is 0 Å². The number of sulfonamides is 1. The lowest BCUT2D eigenvalue weighted by atomic mass is 10.1. The van der Waals surface area contributed by atoms with Crippen molar-refractivity contribution in [3.63, 3.8) is 0 Å². The van der Waals surface area contributed by atoms with Crippen LogP contribution in [0.15, 0.2) is 23.2 Å². The zero-order chi connectivity index (χ0) is 10.2. The molecule has 0 saturated heterocycles. The highest BCUT2D eigenvalue weighted by atomic mass is 32.2. The van der Waals surface area contributed by atoms with Crippen molar-refractivity contribution in [2.45, 2.75) is 18.2 Å². The zero-order valence-corrected chi connectivity index (χ0v) is 8.71. The second-order valence-corrected chi connectivity index (χ2v) is 5.34. The number of aromatic nitrogens is 1. The van der Waals surface area contributed by atoms with Gasteiger partial charge in [0.25, 0.3) is 0 Å². The normalized spacial score (nSPS) is 25.1. The molecule has 0 unspecified atom stereocenters. The monoisotopic (exact) mass is 212 g/mol. The lowest BCUT2D eigenvalue weighted by Crippen LogP contribution is -2.26. The Hall–Kier alpha value is -0.940. The fourth-order valence-corrected chi connectivity index (χ4v) is 2.92. The maximum absolute atomic E-state index is 11.7. The summed E-state index contributed by atoms with van der Waals surface area (Å²) in [5.41, 5.74) is 0.671. The third kappa shape index (κ3) is 1.65. The molecule has 1 N–H and O–H groups in total. The van der Waals surface area contributed by atoms with Crippen LogP contribution in [0, 0.1) is 5.92 Å². The lowest BCUT2D eigenvalue weighted by Gasteiger charge is -2.04. The summed E-state index contributed by atoms with van der Waals surface area (Å²) < 4.78 is 25.9. The third-order valence-electron chi connectivity index (χ3n) is 2.30. The molecule has 0 aromatic carbocycles. The average molecular weight is 212 g/mol. The van der Waals surface area contributed by atoms with E-state index in [1.807, 2.05) is 6.92 Å². The van der Waals surface area contributed by atoms with E-state index in [9.17, 15) is 8.42 Å². The van der Waals surface area contributed by atoms with Gasteiger partial charge in [-0.15, -0.1) is 0 Å². The number of fused-ring (bicyclic) bond motifs is 1. The Labute approximate surface area is 83.4 Å². The Balaban J connectivity index is 2.58. The van der Waals surface area contributed by atoms with Crippen LogP contribution in [-0.4, -0.2) is 19.9 Å². The van der Waals surface area contributed by atoms with Gasteiger partial charge in [-0.2, -0.15) is 0 Å². The fourth-order valence-electron chi connectivity index (χ4n) is 1.55. The van der Waals surface area contributed by atoms with E-state index in [0.29, 0.717) is 29.5 Å². The van der Waals surface area contributed by atoms with Gasteiger partial charge in [0.1, 0.15) is 4.90 Å². The SMILES string of the molecule is C[C@@H]1CNS(=O)(=O)c2cccnc2C1. The maximum Gasteiger partial charge on any atom is 0.242 e. The summed E-state index contributed by atoms with van der Waals surface area (Å²) in [5, 5.41) is 0. The predicted octanol–water partition coefficient (Wildman–Crippen LogP) is 0.552. The van der Waals surface area contributed by atoms with Gasteiger partial charge in [0, 0.05) is 12.7 Å². The molecule has 0 fully saturated rings. The molecule has 0 radical (unpaired) electrons. The Morgan fingerprint density at radius 1 is 1.57 bits per heavy atom. The highest BCUT2D eigenvalue weighted by molar-refractivity contribution is 7.89. The Morgan fingerprint density at radius 3 is 3.14 bits per heavy atom. The standard InChI is InChI=1S/C9H12N2O2S/c1-7-5-8-9(3-2-4-10-8)14(12,13)11-6-7/h2-4,7,11H,5-6H2,1H3/t7-/m0/s1. The van der Waals surface area contributed by atoms with Gasteiger partial charge >= 0.3 is 0 Å². The van der Waals surface area contributed by atoms with Crippen LogP contribution in [0.5, 0.6) is 0 Å². The minimum atomic E-state index is -3.32. The van der Waals surface area contributed by atoms with Gasteiger partial charge in [-0.3, -0.25) is 4.98 Å². The summed E-state index contributed by atoms with van der Waals surface area (Å²) >= 11 is 0. The number of hydrogen-bond acceptors (Lipinski definition) is 3. The van der Waals surface area contributed by atoms with E-state index in [0.717, 1.165) is 0 Å². The molecule has 1 aromatic rings. The van der Waals surface area contributed by atoms with Gasteiger partial charge in [0.15, 0.2) is 0 Å². The van der Waals surface area contributed by atoms with Gasteiger partial charge in [-0.25, -0.2) is 13.1 Å². The van der Waals surface area contributed by atoms with Gasteiger partial charge in [0.05, 0.1) is 5.69 Å². The highest BCUT2D eigenvalue weighted by Gasteiger charge is 2.24. The first kappa shape index (κ1) is 9.61. The summed E-state index contributed by atoms with van der Waals surface area (Å²) in [6.45, 7) is 2.49. The van der Waals surface area contributed by atoms with Crippen LogP contribution < -0.4 is 4.72 Å². The minimum absolute atomic E-state index is 0.293. The molecular formula is C9H12N2O2S. The summed E-state index contributed by atoms with van der Waals surface area (Å²) in [6, 6.07) is 3.25. The van der Waals surface area contributed by atoms with Crippen molar-refractivity contribution in [2.75, 3.05) is 6.54 Å². The van der Waals surface area contributed by atoms with E-state index in [2.05, 4.69) is 9.71 Å². The molecule has 1 aromatic heterocycles. The molecule has 0 amide bonds. The molecule has 2 rings (SSSR count). The van der Waals surface area contributed by atoms with E-state index >= 15 is 0 Å². The van der Waals surface area contributed by atoms with Crippen LogP contribution in [0.3, 0.4) is 0 Å². The summed E-state index contributed by atoms with van der Waals surface area (Å²) in [6.07, 6.45) is 2.34. The number of hydrogen-bond donors (Lipinski definition) is 1. The number of nitrogens with zero attached hydrogens (tertiary/aromatic N) is 1. The van der Waals surface area contributed by atoms with Crippen molar-refractivity contribution in [3.05, 3.63) is 24.0 Å². The summed E-state index contributed by atoms with van der Waals surface area (Å²) in [5.74, 6) is 0.293. The molecule has 0 saturated carbocycles. The first-order chi connectivity index (χ1) is 6.59. The van der Waals surface area contributed by atoms with Crippen molar-refractivity contribution in [1.29, 1.82) is 0 Å². The summed E-state index contributed by atoms with van der Waals surface area (Å²) in [7, 11) is -3.32. The van der Waals surface area contributed by atoms with Crippen molar-refractivity contribution in [1.82, 2.24) is 9.71 Å². The Kier molecular flexibility index (Phi) is 2.28. The molecule has 0 spiro atoms. The van der Waals surface area contributed by atoms with Crippen LogP contribution in [0.4, 0.5) is 0 Å². The third-order valence-corrected chi connectivity index (χ3v) is 3.80. The van der Waals surface area contributed by atoms with E-state index < -0.39 is 10.0 Å². The topological polar surface area (TPSA) is 59.1 Å². The minimum Gasteiger partial charge on any atom is -0.260 e. The van der Waals surface area contributed by atoms with Crippen molar-refractivity contribution < 1.29 is 8.42 Å². The second kappa shape index (κ2) is 3.33. The Bertz CT molecular complexity index is 442. The predicted molar refractivity (Wildman–Crippen MR) is 52.3 cm³/mol. The van der Waals surface area contributed by atoms with Crippen LogP contribution in [-0.2, 0) is 16.4 Å². The van der Waals surface area contributed by atoms with Crippen molar-refractivity contribution in [3.8, 4) is 0 Å². The molecule has 0 bridgehead atoms. The molecule has 1 aliphatic rings. The average Bonchev–Trinajstić information content (AvgIpc) is 2.25. The largest absolute Gasteiger partial charge is 0.260 e. The first-order valence-corrected chi connectivity index (χ1v) is 6.01. The van der Waals surface area contributed by atoms with Gasteiger partial charge in [-0.1, -0.05) is 6.92 Å². The van der Waals surface area contributed by atoms with E-state index in [1.165, 1.54) is 0 Å². The molecule has 1 aliphatic heterocycles. The van der Waals surface area contributed by atoms with Crippen LogP contribution in [0.2, 0.25) is 0 Å². The smallest absolute Gasteiger partial charge is 0.242 e. The molecule has 14 heavy (non-hydrogen) atoms. The molecule has 76 valence electrons. The summed E-state index contributed by atoms with van der Waals surface area (Å²) in [4.78, 5) is 4.43. The number of rotatable bonds is 0. The Morgan fingerprint density at radius 2 is 2.36 bits per heavy atom. The maximum atomic E-state index is 11.7. The quantitative estimate of drug-likeness (QED) is 0.683. The first-order valence-electron chi connectivity index (χ1n) is 4.53. The van der Waals surface area contributed by atoms with Gasteiger partial charge in [-0.05, 0) is 24.5 Å². The van der Waals surface area contributed by atoms with Gasteiger partial charge in [0.2, 0.25) is 10.0 Å². The highest BCUT2D eigenvalue weighted by Crippen LogP contribution is 2.19. The van der Waals surface area contributed by atoms with Crippen molar-refractivity contribution >= 4 is 10.0 Å². The van der Waals surface area contributed by atoms with Gasteiger partial charge < -0.3 is 0 Å². The fraction of sp³-hybridized carbons (Fsp3) is 0.444. The molecule has 1 atom stereocenters. The molecule has 0 aliphatic carbocycles. The number of nitrogens with one attached hydrogen (secondary N) is 1. The van der Waals surface area contributed by atoms with Crippen LogP contribution in [0.1, 0.15) is 12.6 Å². The van der Waals surface area contributed by atoms with E-state index in [1.54, 1.807) is 18.3 Å².